The molecule has 4 nitrogen and oxygen atoms in total. The third-order valence-electron chi connectivity index (χ3n) is 3.72. The second-order valence-electron chi connectivity index (χ2n) is 4.85. The number of thiophene rings is 1. The van der Waals surface area contributed by atoms with Gasteiger partial charge in [-0.1, -0.05) is 13.8 Å². The fraction of sp³-hybridized carbons (Fsp3) is 0.571. The van der Waals surface area contributed by atoms with Crippen LogP contribution in [0.15, 0.2) is 16.8 Å². The van der Waals surface area contributed by atoms with E-state index in [0.29, 0.717) is 19.4 Å². The molecule has 1 aromatic heterocycles. The Balaban J connectivity index is 2.69. The third kappa shape index (κ3) is 3.80. The highest BCUT2D eigenvalue weighted by Crippen LogP contribution is 2.31. The van der Waals surface area contributed by atoms with Crippen molar-refractivity contribution in [1.82, 2.24) is 4.90 Å². The molecule has 1 aromatic rings. The summed E-state index contributed by atoms with van der Waals surface area (Å²) < 4.78 is 0. The maximum atomic E-state index is 12.2. The van der Waals surface area contributed by atoms with E-state index in [1.807, 2.05) is 30.7 Å². The smallest absolute Gasteiger partial charge is 0.310 e. The van der Waals surface area contributed by atoms with Gasteiger partial charge in [-0.05, 0) is 35.2 Å². The minimum atomic E-state index is -0.931. The lowest BCUT2D eigenvalue weighted by Crippen LogP contribution is -2.37. The molecule has 0 aliphatic rings. The van der Waals surface area contributed by atoms with Crippen LogP contribution in [0, 0.1) is 5.41 Å². The summed E-state index contributed by atoms with van der Waals surface area (Å²) in [5, 5.41) is 13.3. The zero-order chi connectivity index (χ0) is 14.5. The summed E-state index contributed by atoms with van der Waals surface area (Å²) in [7, 11) is 1.72. The highest BCUT2D eigenvalue weighted by molar-refractivity contribution is 7.07. The van der Waals surface area contributed by atoms with Gasteiger partial charge < -0.3 is 10.0 Å². The minimum Gasteiger partial charge on any atom is -0.481 e. The molecular formula is C14H21NO3S. The number of rotatable bonds is 7. The third-order valence-corrected chi connectivity index (χ3v) is 4.45. The van der Waals surface area contributed by atoms with E-state index in [9.17, 15) is 14.7 Å². The Morgan fingerprint density at radius 3 is 2.42 bits per heavy atom. The van der Waals surface area contributed by atoms with E-state index >= 15 is 0 Å². The van der Waals surface area contributed by atoms with Gasteiger partial charge in [0.05, 0.1) is 5.41 Å². The summed E-state index contributed by atoms with van der Waals surface area (Å²) in [6.45, 7) is 4.18. The molecule has 1 N–H and O–H groups in total. The zero-order valence-corrected chi connectivity index (χ0v) is 12.5. The van der Waals surface area contributed by atoms with Crippen molar-refractivity contribution >= 4 is 23.2 Å². The number of carboxylic acid groups (broad SMARTS) is 1. The van der Waals surface area contributed by atoms with Crippen LogP contribution in [0.2, 0.25) is 0 Å². The molecule has 0 spiro atoms. The average molecular weight is 283 g/mol. The van der Waals surface area contributed by atoms with Crippen molar-refractivity contribution in [1.29, 1.82) is 0 Å². The quantitative estimate of drug-likeness (QED) is 0.837. The van der Waals surface area contributed by atoms with Crippen LogP contribution in [0.25, 0.3) is 0 Å². The Morgan fingerprint density at radius 1 is 1.37 bits per heavy atom. The van der Waals surface area contributed by atoms with Gasteiger partial charge in [0, 0.05) is 20.0 Å². The van der Waals surface area contributed by atoms with E-state index in [-0.39, 0.29) is 12.3 Å². The summed E-state index contributed by atoms with van der Waals surface area (Å²) in [5.41, 5.74) is 0.148. The van der Waals surface area contributed by atoms with Gasteiger partial charge in [0.25, 0.3) is 0 Å². The lowest BCUT2D eigenvalue weighted by Gasteiger charge is -2.28. The number of hydrogen-bond donors (Lipinski definition) is 1. The van der Waals surface area contributed by atoms with Crippen molar-refractivity contribution in [3.63, 3.8) is 0 Å². The fourth-order valence-electron chi connectivity index (χ4n) is 2.05. The van der Waals surface area contributed by atoms with Crippen LogP contribution in [0.3, 0.4) is 0 Å². The Labute approximate surface area is 118 Å². The van der Waals surface area contributed by atoms with Crippen molar-refractivity contribution in [2.45, 2.75) is 39.7 Å². The Hall–Kier alpha value is -1.36. The molecule has 1 heterocycles. The monoisotopic (exact) mass is 283 g/mol. The van der Waals surface area contributed by atoms with Gasteiger partial charge in [-0.15, -0.1) is 0 Å². The van der Waals surface area contributed by atoms with Gasteiger partial charge in [-0.25, -0.2) is 0 Å². The minimum absolute atomic E-state index is 0.0654. The van der Waals surface area contributed by atoms with E-state index in [4.69, 9.17) is 0 Å². The van der Waals surface area contributed by atoms with Crippen molar-refractivity contribution in [3.8, 4) is 0 Å². The van der Waals surface area contributed by atoms with Crippen LogP contribution in [0.4, 0.5) is 0 Å². The lowest BCUT2D eigenvalue weighted by atomic mass is 9.79. The zero-order valence-electron chi connectivity index (χ0n) is 11.7. The van der Waals surface area contributed by atoms with E-state index in [1.54, 1.807) is 23.3 Å². The first-order valence-electron chi connectivity index (χ1n) is 6.43. The summed E-state index contributed by atoms with van der Waals surface area (Å²) >= 11 is 1.59. The van der Waals surface area contributed by atoms with Crippen LogP contribution in [-0.2, 0) is 16.1 Å². The van der Waals surface area contributed by atoms with E-state index in [0.717, 1.165) is 5.56 Å². The topological polar surface area (TPSA) is 57.6 Å². The molecular weight excluding hydrogens is 262 g/mol. The molecule has 1 rings (SSSR count). The normalized spacial score (nSPS) is 11.3. The molecule has 0 fully saturated rings. The van der Waals surface area contributed by atoms with Crippen molar-refractivity contribution in [2.24, 2.45) is 5.41 Å². The number of hydrogen-bond acceptors (Lipinski definition) is 3. The van der Waals surface area contributed by atoms with Crippen molar-refractivity contribution < 1.29 is 14.7 Å². The molecule has 0 aromatic carbocycles. The molecule has 0 radical (unpaired) electrons. The molecule has 0 saturated heterocycles. The Bertz CT molecular complexity index is 424. The maximum Gasteiger partial charge on any atom is 0.310 e. The first kappa shape index (κ1) is 15.7. The van der Waals surface area contributed by atoms with Crippen LogP contribution < -0.4 is 0 Å². The first-order chi connectivity index (χ1) is 8.95. The molecule has 1 amide bonds. The molecule has 0 unspecified atom stereocenters. The van der Waals surface area contributed by atoms with Crippen molar-refractivity contribution in [3.05, 3.63) is 22.4 Å². The Kier molecular flexibility index (Phi) is 5.54. The highest BCUT2D eigenvalue weighted by Gasteiger charge is 2.37. The highest BCUT2D eigenvalue weighted by atomic mass is 32.1. The molecule has 0 aliphatic heterocycles. The summed E-state index contributed by atoms with van der Waals surface area (Å²) in [6, 6.07) is 1.97. The van der Waals surface area contributed by atoms with E-state index in [2.05, 4.69) is 0 Å². The van der Waals surface area contributed by atoms with Crippen molar-refractivity contribution in [2.75, 3.05) is 7.05 Å². The molecule has 19 heavy (non-hydrogen) atoms. The van der Waals surface area contributed by atoms with Gasteiger partial charge >= 0.3 is 5.97 Å². The van der Waals surface area contributed by atoms with E-state index < -0.39 is 11.4 Å². The number of nitrogens with zero attached hydrogens (tertiary/aromatic N) is 1. The maximum absolute atomic E-state index is 12.2. The molecule has 106 valence electrons. The van der Waals surface area contributed by atoms with Gasteiger partial charge in [-0.3, -0.25) is 9.59 Å². The summed E-state index contributed by atoms with van der Waals surface area (Å²) in [5.74, 6) is -0.993. The van der Waals surface area contributed by atoms with Crippen LogP contribution >= 0.6 is 11.3 Å². The first-order valence-corrected chi connectivity index (χ1v) is 7.38. The van der Waals surface area contributed by atoms with Gasteiger partial charge in [0.1, 0.15) is 0 Å². The fourth-order valence-corrected chi connectivity index (χ4v) is 2.71. The van der Waals surface area contributed by atoms with Crippen LogP contribution in [-0.4, -0.2) is 28.9 Å². The van der Waals surface area contributed by atoms with Gasteiger partial charge in [-0.2, -0.15) is 11.3 Å². The standard InChI is InChI=1S/C14H21NO3S/c1-4-14(5-2,13(17)18)8-12(16)15(3)9-11-6-7-19-10-11/h6-7,10H,4-5,8-9H2,1-3H3,(H,17,18). The van der Waals surface area contributed by atoms with Crippen LogP contribution in [0.1, 0.15) is 38.7 Å². The predicted molar refractivity (Wildman–Crippen MR) is 76.1 cm³/mol. The number of amides is 1. The predicted octanol–water partition coefficient (Wildman–Crippen LogP) is 2.99. The number of carboxylic acids is 1. The second kappa shape index (κ2) is 6.70. The largest absolute Gasteiger partial charge is 0.481 e. The SMILES string of the molecule is CCC(CC)(CC(=O)N(C)Cc1ccsc1)C(=O)O. The molecule has 0 aliphatic carbocycles. The van der Waals surface area contributed by atoms with Gasteiger partial charge in [0.15, 0.2) is 0 Å². The number of carbonyl (C=O) groups is 2. The van der Waals surface area contributed by atoms with Gasteiger partial charge in [0.2, 0.25) is 5.91 Å². The van der Waals surface area contributed by atoms with Crippen LogP contribution in [0.5, 0.6) is 0 Å². The number of carbonyl (C=O) groups excluding carboxylic acids is 1. The number of aliphatic carboxylic acids is 1. The molecule has 0 bridgehead atoms. The second-order valence-corrected chi connectivity index (χ2v) is 5.63. The summed E-state index contributed by atoms with van der Waals surface area (Å²) in [6.07, 6.45) is 1.00. The molecule has 0 saturated carbocycles. The molecule has 0 atom stereocenters. The molecule has 5 heteroatoms. The van der Waals surface area contributed by atoms with E-state index in [1.165, 1.54) is 0 Å². The summed E-state index contributed by atoms with van der Waals surface area (Å²) in [4.78, 5) is 25.2. The lowest BCUT2D eigenvalue weighted by molar-refractivity contribution is -0.154. The Morgan fingerprint density at radius 2 is 2.00 bits per heavy atom. The average Bonchev–Trinajstić information content (AvgIpc) is 2.88.